The second kappa shape index (κ2) is 6.05. The number of anilines is 1. The lowest BCUT2D eigenvalue weighted by Crippen LogP contribution is -2.31. The van der Waals surface area contributed by atoms with Crippen LogP contribution in [0.4, 0.5) is 10.1 Å². The smallest absolute Gasteiger partial charge is 0.246 e. The fourth-order valence-electron chi connectivity index (χ4n) is 2.27. The fraction of sp³-hybridized carbons (Fsp3) is 0.500. The van der Waals surface area contributed by atoms with E-state index in [0.29, 0.717) is 0 Å². The van der Waals surface area contributed by atoms with Gasteiger partial charge in [-0.3, -0.25) is 0 Å². The van der Waals surface area contributed by atoms with E-state index in [0.717, 1.165) is 16.4 Å². The van der Waals surface area contributed by atoms with Crippen LogP contribution in [0.3, 0.4) is 0 Å². The normalized spacial score (nSPS) is 23.6. The van der Waals surface area contributed by atoms with Crippen LogP contribution >= 0.6 is 11.6 Å². The van der Waals surface area contributed by atoms with Crippen molar-refractivity contribution in [1.82, 2.24) is 4.31 Å². The van der Waals surface area contributed by atoms with E-state index in [1.54, 1.807) is 0 Å². The molecular weight excluding hydrogens is 323 g/mol. The van der Waals surface area contributed by atoms with Gasteiger partial charge >= 0.3 is 0 Å². The fourth-order valence-corrected chi connectivity index (χ4v) is 4.14. The average Bonchev–Trinajstić information content (AvgIpc) is 2.86. The second-order valence-electron chi connectivity index (χ2n) is 4.69. The Hall–Kier alpha value is -0.930. The molecule has 0 saturated carbocycles. The third-order valence-electron chi connectivity index (χ3n) is 3.42. The summed E-state index contributed by atoms with van der Waals surface area (Å²) in [7, 11) is -1.14. The second-order valence-corrected chi connectivity index (χ2v) is 7.00. The van der Waals surface area contributed by atoms with Crippen molar-refractivity contribution in [3.8, 4) is 0 Å². The predicted octanol–water partition coefficient (Wildman–Crippen LogP) is 1.10. The molecule has 0 aromatic heterocycles. The van der Waals surface area contributed by atoms with Gasteiger partial charge in [-0.2, -0.15) is 4.31 Å². The van der Waals surface area contributed by atoms with Gasteiger partial charge in [0, 0.05) is 33.0 Å². The van der Waals surface area contributed by atoms with Crippen molar-refractivity contribution in [3.63, 3.8) is 0 Å². The molecule has 0 spiro atoms. The number of sulfonamides is 1. The largest absolute Gasteiger partial charge is 0.399 e. The van der Waals surface area contributed by atoms with E-state index in [-0.39, 0.29) is 23.8 Å². The molecule has 1 fully saturated rings. The molecule has 2 atom stereocenters. The maximum Gasteiger partial charge on any atom is 0.246 e. The number of ether oxygens (including phenoxy) is 2. The molecule has 2 N–H and O–H groups in total. The molecular formula is C12H16ClFN2O4S. The van der Waals surface area contributed by atoms with Crippen molar-refractivity contribution < 1.29 is 22.3 Å². The maximum atomic E-state index is 14.0. The SMILES string of the molecule is COC1CN(S(=O)(=O)c2cc(N)cc(Cl)c2F)CC1OC. The van der Waals surface area contributed by atoms with Crippen LogP contribution in [0.1, 0.15) is 0 Å². The summed E-state index contributed by atoms with van der Waals surface area (Å²) < 4.78 is 50.6. The Labute approximate surface area is 127 Å². The highest BCUT2D eigenvalue weighted by Crippen LogP contribution is 2.30. The molecule has 0 bridgehead atoms. The maximum absolute atomic E-state index is 14.0. The number of nitrogens with zero attached hydrogens (tertiary/aromatic N) is 1. The number of benzene rings is 1. The number of halogens is 2. The molecule has 1 saturated heterocycles. The first kappa shape index (κ1) is 16.4. The van der Waals surface area contributed by atoms with Gasteiger partial charge in [0.25, 0.3) is 0 Å². The minimum atomic E-state index is -4.07. The minimum Gasteiger partial charge on any atom is -0.399 e. The summed E-state index contributed by atoms with van der Waals surface area (Å²) in [4.78, 5) is -0.542. The molecule has 0 radical (unpaired) electrons. The van der Waals surface area contributed by atoms with Crippen LogP contribution in [0.25, 0.3) is 0 Å². The number of rotatable bonds is 4. The quantitative estimate of drug-likeness (QED) is 0.831. The number of methoxy groups -OCH3 is 2. The zero-order chi connectivity index (χ0) is 15.8. The van der Waals surface area contributed by atoms with Gasteiger partial charge in [0.15, 0.2) is 5.82 Å². The Bertz CT molecular complexity index is 628. The Morgan fingerprint density at radius 3 is 2.29 bits per heavy atom. The van der Waals surface area contributed by atoms with E-state index in [1.807, 2.05) is 0 Å². The lowest BCUT2D eigenvalue weighted by Gasteiger charge is -2.17. The van der Waals surface area contributed by atoms with Gasteiger partial charge in [-0.05, 0) is 12.1 Å². The van der Waals surface area contributed by atoms with Gasteiger partial charge in [0.1, 0.15) is 4.90 Å². The van der Waals surface area contributed by atoms with Gasteiger partial charge in [-0.25, -0.2) is 12.8 Å². The lowest BCUT2D eigenvalue weighted by atomic mass is 10.3. The summed E-state index contributed by atoms with van der Waals surface area (Å²) >= 11 is 5.66. The van der Waals surface area contributed by atoms with Crippen molar-refractivity contribution in [1.29, 1.82) is 0 Å². The zero-order valence-corrected chi connectivity index (χ0v) is 13.1. The first-order valence-electron chi connectivity index (χ1n) is 6.11. The topological polar surface area (TPSA) is 81.9 Å². The molecule has 2 unspecified atom stereocenters. The number of hydrogen-bond donors (Lipinski definition) is 1. The standard InChI is InChI=1S/C12H16ClFN2O4S/c1-19-9-5-16(6-10(9)20-2)21(17,18)11-4-7(15)3-8(13)12(11)14/h3-4,9-10H,5-6,15H2,1-2H3. The van der Waals surface area contributed by atoms with Crippen molar-refractivity contribution in [2.75, 3.05) is 33.0 Å². The highest BCUT2D eigenvalue weighted by atomic mass is 35.5. The Morgan fingerprint density at radius 2 is 1.81 bits per heavy atom. The van der Waals surface area contributed by atoms with E-state index >= 15 is 0 Å². The van der Waals surface area contributed by atoms with E-state index < -0.39 is 32.9 Å². The van der Waals surface area contributed by atoms with E-state index in [1.165, 1.54) is 14.2 Å². The van der Waals surface area contributed by atoms with Crippen molar-refractivity contribution >= 4 is 27.3 Å². The van der Waals surface area contributed by atoms with Crippen LogP contribution in [0, 0.1) is 5.82 Å². The van der Waals surface area contributed by atoms with Crippen molar-refractivity contribution in [2.45, 2.75) is 17.1 Å². The van der Waals surface area contributed by atoms with E-state index in [9.17, 15) is 12.8 Å². The molecule has 1 heterocycles. The highest BCUT2D eigenvalue weighted by Gasteiger charge is 2.41. The summed E-state index contributed by atoms with van der Waals surface area (Å²) in [5, 5.41) is -0.334. The molecule has 9 heteroatoms. The summed E-state index contributed by atoms with van der Waals surface area (Å²) in [6.07, 6.45) is -0.825. The molecule has 0 aliphatic carbocycles. The lowest BCUT2D eigenvalue weighted by molar-refractivity contribution is -0.00461. The molecule has 1 aromatic rings. The molecule has 1 aliphatic heterocycles. The molecule has 21 heavy (non-hydrogen) atoms. The van der Waals surface area contributed by atoms with E-state index in [4.69, 9.17) is 26.8 Å². The summed E-state index contributed by atoms with van der Waals surface area (Å²) in [6.45, 7) is 0.145. The Morgan fingerprint density at radius 1 is 1.29 bits per heavy atom. The van der Waals surface area contributed by atoms with Gasteiger partial charge in [-0.1, -0.05) is 11.6 Å². The summed E-state index contributed by atoms with van der Waals surface area (Å²) in [6, 6.07) is 2.22. The third-order valence-corrected chi connectivity index (χ3v) is 5.53. The van der Waals surface area contributed by atoms with Crippen LogP contribution in [-0.2, 0) is 19.5 Å². The van der Waals surface area contributed by atoms with Crippen LogP contribution < -0.4 is 5.73 Å². The summed E-state index contributed by atoms with van der Waals surface area (Å²) in [5.74, 6) is -1.01. The van der Waals surface area contributed by atoms with Gasteiger partial charge in [-0.15, -0.1) is 0 Å². The average molecular weight is 339 g/mol. The first-order valence-corrected chi connectivity index (χ1v) is 7.93. The van der Waals surface area contributed by atoms with Gasteiger partial charge < -0.3 is 15.2 Å². The predicted molar refractivity (Wildman–Crippen MR) is 76.2 cm³/mol. The zero-order valence-electron chi connectivity index (χ0n) is 11.5. The minimum absolute atomic E-state index is 0.0726. The molecule has 1 aromatic carbocycles. The van der Waals surface area contributed by atoms with E-state index in [2.05, 4.69) is 0 Å². The summed E-state index contributed by atoms with van der Waals surface area (Å²) in [5.41, 5.74) is 5.62. The number of nitrogens with two attached hydrogens (primary N) is 1. The van der Waals surface area contributed by atoms with Gasteiger partial charge in [0.05, 0.1) is 17.2 Å². The van der Waals surface area contributed by atoms with Crippen LogP contribution in [-0.4, -0.2) is 52.2 Å². The molecule has 0 amide bonds. The molecule has 118 valence electrons. The van der Waals surface area contributed by atoms with Crippen LogP contribution in [0.15, 0.2) is 17.0 Å². The van der Waals surface area contributed by atoms with Gasteiger partial charge in [0.2, 0.25) is 10.0 Å². The monoisotopic (exact) mass is 338 g/mol. The molecule has 6 nitrogen and oxygen atoms in total. The Balaban J connectivity index is 2.40. The van der Waals surface area contributed by atoms with Crippen molar-refractivity contribution in [2.24, 2.45) is 0 Å². The highest BCUT2D eigenvalue weighted by molar-refractivity contribution is 7.89. The number of nitrogen functional groups attached to an aromatic ring is 1. The van der Waals surface area contributed by atoms with Crippen LogP contribution in [0.5, 0.6) is 0 Å². The van der Waals surface area contributed by atoms with Crippen molar-refractivity contribution in [3.05, 3.63) is 23.0 Å². The Kier molecular flexibility index (Phi) is 4.74. The molecule has 2 rings (SSSR count). The third kappa shape index (κ3) is 3.00. The molecule has 1 aliphatic rings. The number of hydrogen-bond acceptors (Lipinski definition) is 5. The first-order chi connectivity index (χ1) is 9.81. The van der Waals surface area contributed by atoms with Crippen LogP contribution in [0.2, 0.25) is 5.02 Å².